The first-order valence-electron chi connectivity index (χ1n) is 5.53. The van der Waals surface area contributed by atoms with Crippen molar-refractivity contribution in [2.24, 2.45) is 0 Å². The number of aromatic nitrogens is 3. The molecule has 0 unspecified atom stereocenters. The van der Waals surface area contributed by atoms with Crippen molar-refractivity contribution in [1.29, 1.82) is 0 Å². The smallest absolute Gasteiger partial charge is 0.0951 e. The number of imidazole rings is 1. The van der Waals surface area contributed by atoms with Crippen molar-refractivity contribution in [2.45, 2.75) is 12.5 Å². The summed E-state index contributed by atoms with van der Waals surface area (Å²) in [7, 11) is 0. The van der Waals surface area contributed by atoms with Gasteiger partial charge in [0.1, 0.15) is 0 Å². The molecule has 4 nitrogen and oxygen atoms in total. The monoisotopic (exact) mass is 214 g/mol. The van der Waals surface area contributed by atoms with Crippen molar-refractivity contribution in [2.75, 3.05) is 13.1 Å². The Morgan fingerprint density at radius 1 is 1.31 bits per heavy atom. The number of hydrogen-bond donors (Lipinski definition) is 1. The lowest BCUT2D eigenvalue weighted by Crippen LogP contribution is -2.40. The normalized spacial score (nSPS) is 16.0. The van der Waals surface area contributed by atoms with Crippen molar-refractivity contribution < 1.29 is 0 Å². The van der Waals surface area contributed by atoms with Crippen molar-refractivity contribution in [3.63, 3.8) is 0 Å². The van der Waals surface area contributed by atoms with Gasteiger partial charge >= 0.3 is 0 Å². The minimum Gasteiger partial charge on any atom is -0.330 e. The summed E-state index contributed by atoms with van der Waals surface area (Å²) < 4.78 is 2.21. The Morgan fingerprint density at radius 2 is 2.25 bits per heavy atom. The predicted octanol–water partition coefficient (Wildman–Crippen LogP) is 1.01. The molecule has 1 aliphatic heterocycles. The lowest BCUT2D eigenvalue weighted by molar-refractivity contribution is 0.427. The third-order valence-electron chi connectivity index (χ3n) is 3.02. The summed E-state index contributed by atoms with van der Waals surface area (Å²) in [4.78, 5) is 8.36. The van der Waals surface area contributed by atoms with Crippen LogP contribution >= 0.6 is 0 Å². The van der Waals surface area contributed by atoms with Crippen molar-refractivity contribution >= 4 is 0 Å². The fraction of sp³-hybridized carbons (Fsp3) is 0.333. The zero-order valence-corrected chi connectivity index (χ0v) is 9.00. The van der Waals surface area contributed by atoms with Crippen LogP contribution in [0.25, 0.3) is 0 Å². The fourth-order valence-electron chi connectivity index (χ4n) is 1.99. The molecule has 16 heavy (non-hydrogen) atoms. The van der Waals surface area contributed by atoms with E-state index in [1.165, 1.54) is 11.3 Å². The Morgan fingerprint density at radius 3 is 2.94 bits per heavy atom. The molecule has 0 bridgehead atoms. The highest BCUT2D eigenvalue weighted by atomic mass is 15.1. The largest absolute Gasteiger partial charge is 0.330 e. The topological polar surface area (TPSA) is 42.7 Å². The standard InChI is InChI=1S/C12H14N4/c1-2-10(4-13-3-1)8-16-9-15-7-12(16)11-5-14-6-11/h1-4,7,9,11,14H,5-6,8H2. The number of rotatable bonds is 3. The second-order valence-corrected chi connectivity index (χ2v) is 4.16. The van der Waals surface area contributed by atoms with Gasteiger partial charge in [0.2, 0.25) is 0 Å². The van der Waals surface area contributed by atoms with Crippen LogP contribution in [0.2, 0.25) is 0 Å². The first-order valence-corrected chi connectivity index (χ1v) is 5.53. The first-order chi connectivity index (χ1) is 7.93. The molecule has 82 valence electrons. The molecule has 3 rings (SSSR count). The van der Waals surface area contributed by atoms with E-state index in [0.29, 0.717) is 5.92 Å². The molecule has 1 fully saturated rings. The minimum atomic E-state index is 0.624. The SMILES string of the molecule is c1cncc(Cn2cncc2C2CNC2)c1. The summed E-state index contributed by atoms with van der Waals surface area (Å²) in [5, 5.41) is 3.29. The molecule has 2 aromatic heterocycles. The first kappa shape index (κ1) is 9.54. The Balaban J connectivity index is 1.82. The minimum absolute atomic E-state index is 0.624. The van der Waals surface area contributed by atoms with Crippen LogP contribution in [0.4, 0.5) is 0 Å². The van der Waals surface area contributed by atoms with Crippen LogP contribution in [-0.2, 0) is 6.54 Å². The van der Waals surface area contributed by atoms with Crippen molar-refractivity contribution in [3.05, 3.63) is 48.3 Å². The van der Waals surface area contributed by atoms with E-state index in [1.54, 1.807) is 6.20 Å². The van der Waals surface area contributed by atoms with Gasteiger partial charge < -0.3 is 9.88 Å². The van der Waals surface area contributed by atoms with Crippen molar-refractivity contribution in [1.82, 2.24) is 19.9 Å². The molecule has 0 aliphatic carbocycles. The van der Waals surface area contributed by atoms with E-state index in [-0.39, 0.29) is 0 Å². The van der Waals surface area contributed by atoms with E-state index in [1.807, 2.05) is 24.8 Å². The van der Waals surface area contributed by atoms with Gasteiger partial charge in [-0.3, -0.25) is 4.98 Å². The number of nitrogens with one attached hydrogen (secondary N) is 1. The van der Waals surface area contributed by atoms with E-state index in [0.717, 1.165) is 19.6 Å². The number of nitrogens with zero attached hydrogens (tertiary/aromatic N) is 3. The maximum Gasteiger partial charge on any atom is 0.0951 e. The third-order valence-corrected chi connectivity index (χ3v) is 3.02. The van der Waals surface area contributed by atoms with Gasteiger partial charge in [0.05, 0.1) is 12.9 Å². The summed E-state index contributed by atoms with van der Waals surface area (Å²) in [6, 6.07) is 4.06. The van der Waals surface area contributed by atoms with E-state index in [4.69, 9.17) is 0 Å². The van der Waals surface area contributed by atoms with Crippen LogP contribution in [0, 0.1) is 0 Å². The molecule has 4 heteroatoms. The molecular formula is C12H14N4. The molecule has 0 atom stereocenters. The summed E-state index contributed by atoms with van der Waals surface area (Å²) in [6.45, 7) is 3.00. The summed E-state index contributed by atoms with van der Waals surface area (Å²) in [6.07, 6.45) is 7.58. The molecule has 2 aromatic rings. The van der Waals surface area contributed by atoms with Gasteiger partial charge in [-0.15, -0.1) is 0 Å². The Bertz CT molecular complexity index is 459. The van der Waals surface area contributed by atoms with Gasteiger partial charge in [0.25, 0.3) is 0 Å². The molecule has 0 radical (unpaired) electrons. The predicted molar refractivity (Wildman–Crippen MR) is 61.2 cm³/mol. The maximum atomic E-state index is 4.24. The molecule has 1 N–H and O–H groups in total. The molecule has 0 aromatic carbocycles. The Labute approximate surface area is 94.4 Å². The third kappa shape index (κ3) is 1.72. The highest BCUT2D eigenvalue weighted by Gasteiger charge is 2.22. The van der Waals surface area contributed by atoms with E-state index in [2.05, 4.69) is 25.9 Å². The average Bonchev–Trinajstić information content (AvgIpc) is 2.66. The van der Waals surface area contributed by atoms with Crippen LogP contribution in [-0.4, -0.2) is 27.6 Å². The maximum absolute atomic E-state index is 4.24. The van der Waals surface area contributed by atoms with Gasteiger partial charge in [-0.1, -0.05) is 6.07 Å². The molecule has 0 saturated carbocycles. The fourth-order valence-corrected chi connectivity index (χ4v) is 1.99. The molecule has 1 aliphatic rings. The van der Waals surface area contributed by atoms with Gasteiger partial charge in [0, 0.05) is 43.3 Å². The van der Waals surface area contributed by atoms with Crippen LogP contribution in [0.15, 0.2) is 37.1 Å². The lowest BCUT2D eigenvalue weighted by atomic mass is 10.00. The van der Waals surface area contributed by atoms with Gasteiger partial charge in [-0.2, -0.15) is 0 Å². The molecule has 0 spiro atoms. The van der Waals surface area contributed by atoms with E-state index < -0.39 is 0 Å². The summed E-state index contributed by atoms with van der Waals surface area (Å²) in [5.74, 6) is 0.624. The summed E-state index contributed by atoms with van der Waals surface area (Å²) in [5.41, 5.74) is 2.54. The van der Waals surface area contributed by atoms with Crippen LogP contribution < -0.4 is 5.32 Å². The number of hydrogen-bond acceptors (Lipinski definition) is 3. The van der Waals surface area contributed by atoms with Gasteiger partial charge in [0.15, 0.2) is 0 Å². The van der Waals surface area contributed by atoms with Crippen LogP contribution in [0.3, 0.4) is 0 Å². The molecule has 0 amide bonds. The molecular weight excluding hydrogens is 200 g/mol. The van der Waals surface area contributed by atoms with E-state index in [9.17, 15) is 0 Å². The van der Waals surface area contributed by atoms with E-state index >= 15 is 0 Å². The average molecular weight is 214 g/mol. The summed E-state index contributed by atoms with van der Waals surface area (Å²) >= 11 is 0. The van der Waals surface area contributed by atoms with Gasteiger partial charge in [-0.05, 0) is 11.6 Å². The zero-order chi connectivity index (χ0) is 10.8. The van der Waals surface area contributed by atoms with Crippen LogP contribution in [0.5, 0.6) is 0 Å². The molecule has 3 heterocycles. The highest BCUT2D eigenvalue weighted by Crippen LogP contribution is 2.19. The lowest BCUT2D eigenvalue weighted by Gasteiger charge is -2.27. The quantitative estimate of drug-likeness (QED) is 0.829. The van der Waals surface area contributed by atoms with Crippen molar-refractivity contribution in [3.8, 4) is 0 Å². The second kappa shape index (κ2) is 4.06. The molecule has 1 saturated heterocycles. The van der Waals surface area contributed by atoms with Crippen LogP contribution in [0.1, 0.15) is 17.2 Å². The zero-order valence-electron chi connectivity index (χ0n) is 9.00. The second-order valence-electron chi connectivity index (χ2n) is 4.16. The number of pyridine rings is 1. The Hall–Kier alpha value is -1.68. The van der Waals surface area contributed by atoms with Gasteiger partial charge in [-0.25, -0.2) is 4.98 Å². The highest BCUT2D eigenvalue weighted by molar-refractivity contribution is 5.15. The Kier molecular flexibility index (Phi) is 2.42.